The van der Waals surface area contributed by atoms with Gasteiger partial charge in [0, 0.05) is 28.7 Å². The minimum Gasteiger partial charge on any atom is -0.494 e. The molecule has 21 heavy (non-hydrogen) atoms. The van der Waals surface area contributed by atoms with Crippen LogP contribution in [0.5, 0.6) is 5.75 Å². The van der Waals surface area contributed by atoms with Gasteiger partial charge in [0.1, 0.15) is 5.75 Å². The van der Waals surface area contributed by atoms with Crippen molar-refractivity contribution in [3.05, 3.63) is 29.5 Å². The molecule has 2 aromatic rings. The standard InChI is InChI=1S/C18H25NO2/c1-4-6-10-19-14(3)17(13-20)16-12-15(8-9-18(16)19)21-11-7-5-2/h8-9,12-13H,4-7,10-11H2,1-3H3. The third kappa shape index (κ3) is 3.29. The number of unbranched alkanes of at least 4 members (excludes halogenated alkanes) is 2. The number of benzene rings is 1. The summed E-state index contributed by atoms with van der Waals surface area (Å²) in [5.74, 6) is 0.853. The highest BCUT2D eigenvalue weighted by Crippen LogP contribution is 2.29. The summed E-state index contributed by atoms with van der Waals surface area (Å²) in [5.41, 5.74) is 2.98. The number of aryl methyl sites for hydroxylation is 1. The Balaban J connectivity index is 2.38. The third-order valence-electron chi connectivity index (χ3n) is 3.96. The Labute approximate surface area is 126 Å². The lowest BCUT2D eigenvalue weighted by Crippen LogP contribution is -2.00. The van der Waals surface area contributed by atoms with Crippen LogP contribution in [0, 0.1) is 6.92 Å². The molecule has 2 rings (SSSR count). The molecule has 0 saturated heterocycles. The molecule has 1 aromatic carbocycles. The monoisotopic (exact) mass is 287 g/mol. The molecule has 0 unspecified atom stereocenters. The molecule has 3 nitrogen and oxygen atoms in total. The van der Waals surface area contributed by atoms with Gasteiger partial charge in [-0.25, -0.2) is 0 Å². The van der Waals surface area contributed by atoms with E-state index < -0.39 is 0 Å². The van der Waals surface area contributed by atoms with E-state index in [1.54, 1.807) is 0 Å². The molecule has 1 aromatic heterocycles. The van der Waals surface area contributed by atoms with E-state index in [0.29, 0.717) is 0 Å². The fourth-order valence-electron chi connectivity index (χ4n) is 2.66. The molecule has 0 fully saturated rings. The van der Waals surface area contributed by atoms with Gasteiger partial charge in [0.15, 0.2) is 6.29 Å². The fourth-order valence-corrected chi connectivity index (χ4v) is 2.66. The number of ether oxygens (including phenoxy) is 1. The van der Waals surface area contributed by atoms with Gasteiger partial charge in [-0.15, -0.1) is 0 Å². The largest absolute Gasteiger partial charge is 0.494 e. The van der Waals surface area contributed by atoms with Gasteiger partial charge in [-0.2, -0.15) is 0 Å². The van der Waals surface area contributed by atoms with Crippen LogP contribution in [0.3, 0.4) is 0 Å². The van der Waals surface area contributed by atoms with Crippen molar-refractivity contribution >= 4 is 17.2 Å². The van der Waals surface area contributed by atoms with Crippen LogP contribution in [0.2, 0.25) is 0 Å². The molecule has 0 atom stereocenters. The molecule has 0 saturated carbocycles. The van der Waals surface area contributed by atoms with Crippen LogP contribution in [0.25, 0.3) is 10.9 Å². The second-order valence-electron chi connectivity index (χ2n) is 5.50. The average Bonchev–Trinajstić information content (AvgIpc) is 2.76. The fraction of sp³-hybridized carbons (Fsp3) is 0.500. The van der Waals surface area contributed by atoms with Crippen molar-refractivity contribution in [2.24, 2.45) is 0 Å². The Bertz CT molecular complexity index is 613. The summed E-state index contributed by atoms with van der Waals surface area (Å²) in [5, 5.41) is 1.01. The molecule has 0 aliphatic carbocycles. The number of carbonyl (C=O) groups is 1. The number of aromatic nitrogens is 1. The zero-order valence-corrected chi connectivity index (χ0v) is 13.3. The van der Waals surface area contributed by atoms with Crippen molar-refractivity contribution < 1.29 is 9.53 Å². The maximum absolute atomic E-state index is 11.4. The van der Waals surface area contributed by atoms with E-state index in [1.807, 2.05) is 19.1 Å². The minimum atomic E-state index is 0.730. The molecular formula is C18H25NO2. The Hall–Kier alpha value is -1.77. The summed E-state index contributed by atoms with van der Waals surface area (Å²) in [7, 11) is 0. The van der Waals surface area contributed by atoms with Gasteiger partial charge in [0.05, 0.1) is 6.61 Å². The number of hydrogen-bond acceptors (Lipinski definition) is 2. The van der Waals surface area contributed by atoms with Gasteiger partial charge in [-0.05, 0) is 38.0 Å². The van der Waals surface area contributed by atoms with Crippen LogP contribution in [0.1, 0.15) is 55.6 Å². The summed E-state index contributed by atoms with van der Waals surface area (Å²) >= 11 is 0. The van der Waals surface area contributed by atoms with Gasteiger partial charge in [0.2, 0.25) is 0 Å². The Kier molecular flexibility index (Phi) is 5.43. The summed E-state index contributed by atoms with van der Waals surface area (Å²) in [6, 6.07) is 6.09. The van der Waals surface area contributed by atoms with Crippen LogP contribution in [-0.4, -0.2) is 17.5 Å². The van der Waals surface area contributed by atoms with Crippen molar-refractivity contribution in [3.8, 4) is 5.75 Å². The van der Waals surface area contributed by atoms with E-state index in [-0.39, 0.29) is 0 Å². The van der Waals surface area contributed by atoms with Gasteiger partial charge in [-0.3, -0.25) is 4.79 Å². The predicted molar refractivity (Wildman–Crippen MR) is 87.4 cm³/mol. The summed E-state index contributed by atoms with van der Waals surface area (Å²) < 4.78 is 8.01. The number of aldehydes is 1. The van der Waals surface area contributed by atoms with E-state index in [2.05, 4.69) is 24.5 Å². The second-order valence-corrected chi connectivity index (χ2v) is 5.50. The van der Waals surface area contributed by atoms with E-state index in [4.69, 9.17) is 4.74 Å². The Morgan fingerprint density at radius 2 is 1.95 bits per heavy atom. The molecule has 0 aliphatic heterocycles. The first-order chi connectivity index (χ1) is 10.2. The first-order valence-corrected chi connectivity index (χ1v) is 7.93. The predicted octanol–water partition coefficient (Wildman–Crippen LogP) is 4.74. The van der Waals surface area contributed by atoms with E-state index in [9.17, 15) is 4.79 Å². The molecule has 114 valence electrons. The summed E-state index contributed by atoms with van der Waals surface area (Å²) in [4.78, 5) is 11.4. The molecular weight excluding hydrogens is 262 g/mol. The SMILES string of the molecule is CCCCOc1ccc2c(c1)c(C=O)c(C)n2CCCC. The first-order valence-electron chi connectivity index (χ1n) is 7.93. The zero-order valence-electron chi connectivity index (χ0n) is 13.3. The normalized spacial score (nSPS) is 11.0. The molecule has 1 heterocycles. The third-order valence-corrected chi connectivity index (χ3v) is 3.96. The van der Waals surface area contributed by atoms with Gasteiger partial charge < -0.3 is 9.30 Å². The van der Waals surface area contributed by atoms with E-state index in [1.165, 1.54) is 0 Å². The minimum absolute atomic E-state index is 0.730. The lowest BCUT2D eigenvalue weighted by atomic mass is 10.1. The summed E-state index contributed by atoms with van der Waals surface area (Å²) in [6.07, 6.45) is 5.41. The van der Waals surface area contributed by atoms with Crippen molar-refractivity contribution in [1.29, 1.82) is 0 Å². The number of hydrogen-bond donors (Lipinski definition) is 0. The molecule has 0 spiro atoms. The molecule has 0 radical (unpaired) electrons. The van der Waals surface area contributed by atoms with Gasteiger partial charge in [-0.1, -0.05) is 26.7 Å². The lowest BCUT2D eigenvalue weighted by Gasteiger charge is -2.08. The van der Waals surface area contributed by atoms with Crippen molar-refractivity contribution in [1.82, 2.24) is 4.57 Å². The zero-order chi connectivity index (χ0) is 15.2. The molecule has 3 heteroatoms. The highest BCUT2D eigenvalue weighted by molar-refractivity contribution is 6.00. The van der Waals surface area contributed by atoms with Gasteiger partial charge in [0.25, 0.3) is 0 Å². The van der Waals surface area contributed by atoms with Crippen LogP contribution in [0.4, 0.5) is 0 Å². The highest BCUT2D eigenvalue weighted by atomic mass is 16.5. The number of nitrogens with zero attached hydrogens (tertiary/aromatic N) is 1. The highest BCUT2D eigenvalue weighted by Gasteiger charge is 2.14. The smallest absolute Gasteiger partial charge is 0.152 e. The van der Waals surface area contributed by atoms with Gasteiger partial charge >= 0.3 is 0 Å². The molecule has 0 bridgehead atoms. The second kappa shape index (κ2) is 7.30. The Morgan fingerprint density at radius 1 is 1.19 bits per heavy atom. The topological polar surface area (TPSA) is 31.2 Å². The maximum atomic E-state index is 11.4. The van der Waals surface area contributed by atoms with Crippen LogP contribution < -0.4 is 4.74 Å². The van der Waals surface area contributed by atoms with Crippen molar-refractivity contribution in [3.63, 3.8) is 0 Å². The molecule has 0 amide bonds. The quantitative estimate of drug-likeness (QED) is 0.518. The number of rotatable bonds is 8. The van der Waals surface area contributed by atoms with Crippen LogP contribution >= 0.6 is 0 Å². The number of fused-ring (bicyclic) bond motifs is 1. The maximum Gasteiger partial charge on any atom is 0.152 e. The molecule has 0 N–H and O–H groups in total. The first kappa shape index (κ1) is 15.6. The van der Waals surface area contributed by atoms with Crippen molar-refractivity contribution in [2.45, 2.75) is 53.0 Å². The summed E-state index contributed by atoms with van der Waals surface area (Å²) in [6.45, 7) is 8.04. The van der Waals surface area contributed by atoms with Crippen LogP contribution in [0.15, 0.2) is 18.2 Å². The lowest BCUT2D eigenvalue weighted by molar-refractivity contribution is 0.112. The number of carbonyl (C=O) groups excluding carboxylic acids is 1. The average molecular weight is 287 g/mol. The van der Waals surface area contributed by atoms with Crippen molar-refractivity contribution in [2.75, 3.05) is 6.61 Å². The molecule has 0 aliphatic rings. The van der Waals surface area contributed by atoms with Crippen LogP contribution in [-0.2, 0) is 6.54 Å². The van der Waals surface area contributed by atoms with E-state index in [0.717, 1.165) is 73.0 Å². The Morgan fingerprint density at radius 3 is 2.62 bits per heavy atom. The van der Waals surface area contributed by atoms with E-state index >= 15 is 0 Å².